The zero-order valence-electron chi connectivity index (χ0n) is 9.91. The van der Waals surface area contributed by atoms with Gasteiger partial charge < -0.3 is 5.32 Å². The number of benzene rings is 1. The molecule has 0 aliphatic carbocycles. The molecule has 6 nitrogen and oxygen atoms in total. The number of nitro groups is 1. The summed E-state index contributed by atoms with van der Waals surface area (Å²) < 4.78 is 0. The van der Waals surface area contributed by atoms with Crippen LogP contribution in [0.2, 0.25) is 5.02 Å². The van der Waals surface area contributed by atoms with Gasteiger partial charge in [-0.3, -0.25) is 10.1 Å². The van der Waals surface area contributed by atoms with Gasteiger partial charge in [0.1, 0.15) is 0 Å². The molecule has 7 heteroatoms. The van der Waals surface area contributed by atoms with E-state index in [1.807, 2.05) is 6.07 Å². The molecule has 1 aromatic heterocycles. The fourth-order valence-electron chi connectivity index (χ4n) is 1.64. The highest BCUT2D eigenvalue weighted by molar-refractivity contribution is 6.31. The second-order valence-corrected chi connectivity index (χ2v) is 4.22. The van der Waals surface area contributed by atoms with E-state index in [-0.39, 0.29) is 5.69 Å². The zero-order chi connectivity index (χ0) is 13.7. The maximum absolute atomic E-state index is 10.9. The lowest BCUT2D eigenvalue weighted by atomic mass is 10.2. The van der Waals surface area contributed by atoms with Crippen molar-refractivity contribution in [2.75, 3.05) is 0 Å². The third-order valence-electron chi connectivity index (χ3n) is 2.53. The van der Waals surface area contributed by atoms with Gasteiger partial charge in [-0.05, 0) is 18.2 Å². The number of nitrogens with one attached hydrogen (secondary N) is 1. The van der Waals surface area contributed by atoms with E-state index < -0.39 is 4.92 Å². The molecule has 0 aliphatic heterocycles. The van der Waals surface area contributed by atoms with E-state index in [1.54, 1.807) is 24.4 Å². The Kier molecular flexibility index (Phi) is 4.38. The monoisotopic (exact) mass is 278 g/mol. The molecule has 0 bridgehead atoms. The molecule has 0 spiro atoms. The summed E-state index contributed by atoms with van der Waals surface area (Å²) in [5, 5.41) is 22.0. The van der Waals surface area contributed by atoms with Crippen molar-refractivity contribution < 1.29 is 4.92 Å². The first-order chi connectivity index (χ1) is 9.18. The van der Waals surface area contributed by atoms with E-state index in [0.29, 0.717) is 23.7 Å². The van der Waals surface area contributed by atoms with E-state index in [9.17, 15) is 10.1 Å². The normalized spacial score (nSPS) is 10.4. The van der Waals surface area contributed by atoms with Crippen molar-refractivity contribution in [3.05, 3.63) is 62.9 Å². The maximum atomic E-state index is 10.9. The molecule has 0 saturated heterocycles. The molecule has 0 radical (unpaired) electrons. The van der Waals surface area contributed by atoms with E-state index in [1.165, 1.54) is 6.07 Å². The second kappa shape index (κ2) is 6.21. The maximum Gasteiger partial charge on any atom is 0.275 e. The Hall–Kier alpha value is -2.05. The van der Waals surface area contributed by atoms with Gasteiger partial charge in [-0.25, -0.2) is 0 Å². The number of hydrogen-bond donors (Lipinski definition) is 1. The lowest BCUT2D eigenvalue weighted by molar-refractivity contribution is -0.385. The van der Waals surface area contributed by atoms with Crippen molar-refractivity contribution in [2.24, 2.45) is 0 Å². The molecule has 1 N–H and O–H groups in total. The summed E-state index contributed by atoms with van der Waals surface area (Å²) in [6, 6.07) is 8.23. The van der Waals surface area contributed by atoms with E-state index in [0.717, 1.165) is 5.69 Å². The molecular weight excluding hydrogens is 268 g/mol. The van der Waals surface area contributed by atoms with Crippen molar-refractivity contribution in [2.45, 2.75) is 13.1 Å². The number of rotatable bonds is 5. The molecule has 0 fully saturated rings. The average molecular weight is 279 g/mol. The quantitative estimate of drug-likeness (QED) is 0.670. The summed E-state index contributed by atoms with van der Waals surface area (Å²) >= 11 is 5.98. The number of nitro benzene ring substituents is 1. The first-order valence-electron chi connectivity index (χ1n) is 5.57. The van der Waals surface area contributed by atoms with Crippen LogP contribution in [0.4, 0.5) is 5.69 Å². The minimum Gasteiger partial charge on any atom is -0.307 e. The summed E-state index contributed by atoms with van der Waals surface area (Å²) in [5.74, 6) is 0. The van der Waals surface area contributed by atoms with Crippen molar-refractivity contribution in [1.82, 2.24) is 15.5 Å². The SMILES string of the molecule is O=[N+]([O-])c1cccc(Cl)c1CNCc1cccnn1. The Labute approximate surface area is 114 Å². The Morgan fingerprint density at radius 1 is 1.26 bits per heavy atom. The predicted molar refractivity (Wildman–Crippen MR) is 70.7 cm³/mol. The van der Waals surface area contributed by atoms with Crippen molar-refractivity contribution in [3.63, 3.8) is 0 Å². The lowest BCUT2D eigenvalue weighted by Crippen LogP contribution is -2.15. The molecular formula is C12H11ClN4O2. The Bertz CT molecular complexity index is 577. The Morgan fingerprint density at radius 2 is 2.11 bits per heavy atom. The van der Waals surface area contributed by atoms with Crippen molar-refractivity contribution >= 4 is 17.3 Å². The minimum absolute atomic E-state index is 0.0131. The smallest absolute Gasteiger partial charge is 0.275 e. The van der Waals surface area contributed by atoms with Crippen LogP contribution in [-0.4, -0.2) is 15.1 Å². The number of aromatic nitrogens is 2. The van der Waals surface area contributed by atoms with Crippen LogP contribution in [0.15, 0.2) is 36.5 Å². The largest absolute Gasteiger partial charge is 0.307 e. The third kappa shape index (κ3) is 3.46. The van der Waals surface area contributed by atoms with E-state index in [4.69, 9.17) is 11.6 Å². The molecule has 98 valence electrons. The fraction of sp³-hybridized carbons (Fsp3) is 0.167. The summed E-state index contributed by atoms with van der Waals surface area (Å²) in [7, 11) is 0. The first-order valence-corrected chi connectivity index (χ1v) is 5.95. The van der Waals surface area contributed by atoms with Gasteiger partial charge in [0, 0.05) is 25.4 Å². The van der Waals surface area contributed by atoms with Crippen molar-refractivity contribution in [1.29, 1.82) is 0 Å². The summed E-state index contributed by atoms with van der Waals surface area (Å²) in [6.45, 7) is 0.767. The lowest BCUT2D eigenvalue weighted by Gasteiger charge is -2.06. The standard InChI is InChI=1S/C12H11ClN4O2/c13-11-4-1-5-12(17(18)19)10(11)8-14-7-9-3-2-6-15-16-9/h1-6,14H,7-8H2. The topological polar surface area (TPSA) is 81.0 Å². The number of halogens is 1. The van der Waals surface area contributed by atoms with Gasteiger partial charge in [0.15, 0.2) is 0 Å². The Morgan fingerprint density at radius 3 is 2.79 bits per heavy atom. The highest BCUT2D eigenvalue weighted by atomic mass is 35.5. The summed E-state index contributed by atoms with van der Waals surface area (Å²) in [4.78, 5) is 10.5. The van der Waals surface area contributed by atoms with E-state index in [2.05, 4.69) is 15.5 Å². The van der Waals surface area contributed by atoms with Crippen LogP contribution >= 0.6 is 11.6 Å². The predicted octanol–water partition coefficient (Wildman–Crippen LogP) is 2.33. The van der Waals surface area contributed by atoms with Gasteiger partial charge in [0.25, 0.3) is 5.69 Å². The molecule has 0 aliphatic rings. The van der Waals surface area contributed by atoms with Gasteiger partial charge in [-0.2, -0.15) is 10.2 Å². The van der Waals surface area contributed by atoms with Crippen LogP contribution in [0.3, 0.4) is 0 Å². The number of nitrogens with zero attached hydrogens (tertiary/aromatic N) is 3. The van der Waals surface area contributed by atoms with Crippen LogP contribution < -0.4 is 5.32 Å². The van der Waals surface area contributed by atoms with Gasteiger partial charge in [-0.15, -0.1) is 0 Å². The average Bonchev–Trinajstić information content (AvgIpc) is 2.41. The highest BCUT2D eigenvalue weighted by Crippen LogP contribution is 2.25. The molecule has 2 rings (SSSR count). The van der Waals surface area contributed by atoms with E-state index >= 15 is 0 Å². The molecule has 1 aromatic carbocycles. The van der Waals surface area contributed by atoms with Gasteiger partial charge in [0.05, 0.1) is 21.2 Å². The number of hydrogen-bond acceptors (Lipinski definition) is 5. The molecule has 2 aromatic rings. The van der Waals surface area contributed by atoms with Gasteiger partial charge in [0.2, 0.25) is 0 Å². The second-order valence-electron chi connectivity index (χ2n) is 3.81. The van der Waals surface area contributed by atoms with Crippen LogP contribution in [0.5, 0.6) is 0 Å². The Balaban J connectivity index is 2.05. The molecule has 19 heavy (non-hydrogen) atoms. The first kappa shape index (κ1) is 13.4. The molecule has 0 atom stereocenters. The van der Waals surface area contributed by atoms with Gasteiger partial charge >= 0.3 is 0 Å². The van der Waals surface area contributed by atoms with Crippen LogP contribution in [0.1, 0.15) is 11.3 Å². The fourth-order valence-corrected chi connectivity index (χ4v) is 1.87. The van der Waals surface area contributed by atoms with Crippen LogP contribution in [-0.2, 0) is 13.1 Å². The minimum atomic E-state index is -0.439. The van der Waals surface area contributed by atoms with Gasteiger partial charge in [-0.1, -0.05) is 17.7 Å². The zero-order valence-corrected chi connectivity index (χ0v) is 10.7. The van der Waals surface area contributed by atoms with Crippen LogP contribution in [0.25, 0.3) is 0 Å². The highest BCUT2D eigenvalue weighted by Gasteiger charge is 2.15. The summed E-state index contributed by atoms with van der Waals surface area (Å²) in [5.41, 5.74) is 1.24. The van der Waals surface area contributed by atoms with Crippen LogP contribution in [0, 0.1) is 10.1 Å². The summed E-state index contributed by atoms with van der Waals surface area (Å²) in [6.07, 6.45) is 1.59. The van der Waals surface area contributed by atoms with Crippen molar-refractivity contribution in [3.8, 4) is 0 Å². The molecule has 0 unspecified atom stereocenters. The molecule has 0 amide bonds. The molecule has 0 saturated carbocycles. The molecule has 1 heterocycles. The third-order valence-corrected chi connectivity index (χ3v) is 2.88.